The van der Waals surface area contributed by atoms with Crippen molar-refractivity contribution in [3.63, 3.8) is 0 Å². The van der Waals surface area contributed by atoms with Crippen LogP contribution in [-0.4, -0.2) is 6.10 Å². The molecule has 70 valence electrons. The van der Waals surface area contributed by atoms with Crippen molar-refractivity contribution in [3.05, 3.63) is 43.0 Å². The molecular formula is C12H16O. The Morgan fingerprint density at radius 2 is 2.08 bits per heavy atom. The van der Waals surface area contributed by atoms with Gasteiger partial charge in [0.1, 0.15) is 11.9 Å². The molecule has 0 fully saturated rings. The SMILES string of the molecule is C=CC(CCC)Oc1ccccc1. The fourth-order valence-electron chi connectivity index (χ4n) is 1.18. The molecule has 0 heterocycles. The quantitative estimate of drug-likeness (QED) is 0.624. The van der Waals surface area contributed by atoms with Crippen molar-refractivity contribution >= 4 is 0 Å². The summed E-state index contributed by atoms with van der Waals surface area (Å²) in [4.78, 5) is 0. The van der Waals surface area contributed by atoms with Gasteiger partial charge in [-0.1, -0.05) is 44.2 Å². The van der Waals surface area contributed by atoms with Gasteiger partial charge < -0.3 is 4.74 Å². The Hall–Kier alpha value is -1.24. The number of benzene rings is 1. The van der Waals surface area contributed by atoms with Gasteiger partial charge in [0.15, 0.2) is 0 Å². The topological polar surface area (TPSA) is 9.23 Å². The van der Waals surface area contributed by atoms with E-state index < -0.39 is 0 Å². The highest BCUT2D eigenvalue weighted by Gasteiger charge is 2.02. The molecule has 1 aromatic carbocycles. The van der Waals surface area contributed by atoms with Crippen molar-refractivity contribution in [1.29, 1.82) is 0 Å². The van der Waals surface area contributed by atoms with Gasteiger partial charge >= 0.3 is 0 Å². The molecule has 0 aliphatic carbocycles. The van der Waals surface area contributed by atoms with E-state index in [1.807, 2.05) is 36.4 Å². The van der Waals surface area contributed by atoms with E-state index in [0.717, 1.165) is 18.6 Å². The summed E-state index contributed by atoms with van der Waals surface area (Å²) >= 11 is 0. The standard InChI is InChI=1S/C12H16O/c1-3-8-11(4-2)13-12-9-6-5-7-10-12/h4-7,9-11H,2-3,8H2,1H3. The molecule has 0 amide bonds. The highest BCUT2D eigenvalue weighted by Crippen LogP contribution is 2.13. The fraction of sp³-hybridized carbons (Fsp3) is 0.333. The highest BCUT2D eigenvalue weighted by molar-refractivity contribution is 5.21. The van der Waals surface area contributed by atoms with Crippen molar-refractivity contribution in [3.8, 4) is 5.75 Å². The summed E-state index contributed by atoms with van der Waals surface area (Å²) in [6.45, 7) is 5.89. The zero-order valence-corrected chi connectivity index (χ0v) is 8.07. The minimum atomic E-state index is 0.146. The maximum absolute atomic E-state index is 5.69. The molecular weight excluding hydrogens is 160 g/mol. The number of ether oxygens (including phenoxy) is 1. The third kappa shape index (κ3) is 3.32. The molecule has 1 rings (SSSR count). The Balaban J connectivity index is 2.51. The summed E-state index contributed by atoms with van der Waals surface area (Å²) < 4.78 is 5.69. The van der Waals surface area contributed by atoms with Crippen LogP contribution in [0.15, 0.2) is 43.0 Å². The number of hydrogen-bond donors (Lipinski definition) is 0. The molecule has 0 bridgehead atoms. The van der Waals surface area contributed by atoms with E-state index in [2.05, 4.69) is 13.5 Å². The fourth-order valence-corrected chi connectivity index (χ4v) is 1.18. The number of para-hydroxylation sites is 1. The summed E-state index contributed by atoms with van der Waals surface area (Å²) in [7, 11) is 0. The molecule has 0 aliphatic rings. The van der Waals surface area contributed by atoms with Crippen LogP contribution in [-0.2, 0) is 0 Å². The minimum absolute atomic E-state index is 0.146. The van der Waals surface area contributed by atoms with E-state index >= 15 is 0 Å². The monoisotopic (exact) mass is 176 g/mol. The molecule has 1 atom stereocenters. The maximum atomic E-state index is 5.69. The van der Waals surface area contributed by atoms with Crippen molar-refractivity contribution in [2.24, 2.45) is 0 Å². The van der Waals surface area contributed by atoms with Crippen LogP contribution in [0.5, 0.6) is 5.75 Å². The van der Waals surface area contributed by atoms with Crippen molar-refractivity contribution in [2.75, 3.05) is 0 Å². The average molecular weight is 176 g/mol. The van der Waals surface area contributed by atoms with Gasteiger partial charge in [0.2, 0.25) is 0 Å². The van der Waals surface area contributed by atoms with Gasteiger partial charge in [0, 0.05) is 0 Å². The molecule has 1 heteroatoms. The predicted octanol–water partition coefficient (Wildman–Crippen LogP) is 3.42. The lowest BCUT2D eigenvalue weighted by molar-refractivity contribution is 0.238. The van der Waals surface area contributed by atoms with E-state index in [0.29, 0.717) is 0 Å². The highest BCUT2D eigenvalue weighted by atomic mass is 16.5. The molecule has 0 N–H and O–H groups in total. The van der Waals surface area contributed by atoms with Gasteiger partial charge in [0.05, 0.1) is 0 Å². The first kappa shape index (κ1) is 9.85. The second-order valence-corrected chi connectivity index (χ2v) is 2.99. The maximum Gasteiger partial charge on any atom is 0.120 e. The summed E-state index contributed by atoms with van der Waals surface area (Å²) in [5.41, 5.74) is 0. The lowest BCUT2D eigenvalue weighted by Gasteiger charge is -2.14. The van der Waals surface area contributed by atoms with E-state index in [4.69, 9.17) is 4.74 Å². The first-order valence-electron chi connectivity index (χ1n) is 4.71. The van der Waals surface area contributed by atoms with Crippen LogP contribution in [0, 0.1) is 0 Å². The van der Waals surface area contributed by atoms with E-state index in [9.17, 15) is 0 Å². The second kappa shape index (κ2) is 5.41. The molecule has 1 aromatic rings. The van der Waals surface area contributed by atoms with Crippen LogP contribution in [0.4, 0.5) is 0 Å². The molecule has 13 heavy (non-hydrogen) atoms. The summed E-state index contributed by atoms with van der Waals surface area (Å²) in [5, 5.41) is 0. The van der Waals surface area contributed by atoms with Crippen molar-refractivity contribution in [2.45, 2.75) is 25.9 Å². The van der Waals surface area contributed by atoms with Crippen LogP contribution in [0.25, 0.3) is 0 Å². The molecule has 0 saturated heterocycles. The molecule has 0 saturated carbocycles. The Labute approximate surface area is 80.0 Å². The smallest absolute Gasteiger partial charge is 0.120 e. The molecule has 0 radical (unpaired) electrons. The number of hydrogen-bond acceptors (Lipinski definition) is 1. The average Bonchev–Trinajstić information content (AvgIpc) is 2.19. The van der Waals surface area contributed by atoms with Crippen LogP contribution < -0.4 is 4.74 Å². The normalized spacial score (nSPS) is 12.1. The van der Waals surface area contributed by atoms with Crippen molar-refractivity contribution in [1.82, 2.24) is 0 Å². The predicted molar refractivity (Wildman–Crippen MR) is 56.0 cm³/mol. The number of rotatable bonds is 5. The molecule has 0 spiro atoms. The first-order valence-corrected chi connectivity index (χ1v) is 4.71. The lowest BCUT2D eigenvalue weighted by Crippen LogP contribution is -2.12. The van der Waals surface area contributed by atoms with Crippen LogP contribution in [0.3, 0.4) is 0 Å². The van der Waals surface area contributed by atoms with Crippen molar-refractivity contribution < 1.29 is 4.74 Å². The van der Waals surface area contributed by atoms with Gasteiger partial charge in [0.25, 0.3) is 0 Å². The largest absolute Gasteiger partial charge is 0.486 e. The van der Waals surface area contributed by atoms with E-state index in [1.165, 1.54) is 0 Å². The summed E-state index contributed by atoms with van der Waals surface area (Å²) in [6.07, 6.45) is 4.14. The van der Waals surface area contributed by atoms with Gasteiger partial charge in [-0.05, 0) is 18.6 Å². The lowest BCUT2D eigenvalue weighted by atomic mass is 10.2. The van der Waals surface area contributed by atoms with Crippen LogP contribution in [0.1, 0.15) is 19.8 Å². The Bertz CT molecular complexity index is 241. The van der Waals surface area contributed by atoms with Gasteiger partial charge in [-0.3, -0.25) is 0 Å². The van der Waals surface area contributed by atoms with Gasteiger partial charge in [-0.2, -0.15) is 0 Å². The third-order valence-electron chi connectivity index (χ3n) is 1.87. The zero-order valence-electron chi connectivity index (χ0n) is 8.07. The summed E-state index contributed by atoms with van der Waals surface area (Å²) in [6, 6.07) is 9.86. The van der Waals surface area contributed by atoms with Gasteiger partial charge in [-0.15, -0.1) is 0 Å². The minimum Gasteiger partial charge on any atom is -0.486 e. The van der Waals surface area contributed by atoms with E-state index in [1.54, 1.807) is 0 Å². The van der Waals surface area contributed by atoms with Crippen LogP contribution >= 0.6 is 0 Å². The zero-order chi connectivity index (χ0) is 9.52. The molecule has 0 aromatic heterocycles. The molecule has 1 nitrogen and oxygen atoms in total. The molecule has 1 unspecified atom stereocenters. The Kier molecular flexibility index (Phi) is 4.10. The van der Waals surface area contributed by atoms with Gasteiger partial charge in [-0.25, -0.2) is 0 Å². The molecule has 0 aliphatic heterocycles. The Morgan fingerprint density at radius 3 is 2.62 bits per heavy atom. The van der Waals surface area contributed by atoms with E-state index in [-0.39, 0.29) is 6.10 Å². The first-order chi connectivity index (χ1) is 6.36. The Morgan fingerprint density at radius 1 is 1.38 bits per heavy atom. The van der Waals surface area contributed by atoms with Crippen LogP contribution in [0.2, 0.25) is 0 Å². The third-order valence-corrected chi connectivity index (χ3v) is 1.87. The summed E-state index contributed by atoms with van der Waals surface area (Å²) in [5.74, 6) is 0.917. The second-order valence-electron chi connectivity index (χ2n) is 2.99.